The van der Waals surface area contributed by atoms with E-state index in [1.807, 2.05) is 6.20 Å². The van der Waals surface area contributed by atoms with E-state index < -0.39 is 0 Å². The van der Waals surface area contributed by atoms with E-state index in [4.69, 9.17) is 0 Å². The Kier molecular flexibility index (Phi) is 2.53. The zero-order valence-electron chi connectivity index (χ0n) is 11.5. The number of fused-ring (bicyclic) bond motifs is 1. The smallest absolute Gasteiger partial charge is 0.116 e. The molecule has 0 amide bonds. The fourth-order valence-corrected chi connectivity index (χ4v) is 2.23. The number of aromatic amines is 1. The highest BCUT2D eigenvalue weighted by Crippen LogP contribution is 2.37. The highest BCUT2D eigenvalue weighted by Gasteiger charge is 2.29. The van der Waals surface area contributed by atoms with Gasteiger partial charge < -0.3 is 4.98 Å². The van der Waals surface area contributed by atoms with E-state index in [-0.39, 0.29) is 10.8 Å². The van der Waals surface area contributed by atoms with E-state index in [0.29, 0.717) is 0 Å². The molecule has 2 aromatic heterocycles. The van der Waals surface area contributed by atoms with Crippen molar-refractivity contribution < 1.29 is 0 Å². The van der Waals surface area contributed by atoms with Gasteiger partial charge in [0.25, 0.3) is 0 Å². The van der Waals surface area contributed by atoms with Crippen LogP contribution in [0.4, 0.5) is 0 Å². The van der Waals surface area contributed by atoms with Crippen LogP contribution in [0.25, 0.3) is 11.0 Å². The van der Waals surface area contributed by atoms with Crippen LogP contribution in [0.2, 0.25) is 0 Å². The van der Waals surface area contributed by atoms with E-state index in [2.05, 4.69) is 56.5 Å². The van der Waals surface area contributed by atoms with Crippen molar-refractivity contribution in [2.24, 2.45) is 0 Å². The van der Waals surface area contributed by atoms with Crippen LogP contribution in [-0.2, 0) is 10.8 Å². The van der Waals surface area contributed by atoms with Crippen LogP contribution in [0.5, 0.6) is 0 Å². The summed E-state index contributed by atoms with van der Waals surface area (Å²) in [4.78, 5) is 12.0. The van der Waals surface area contributed by atoms with E-state index in [1.54, 1.807) is 6.33 Å². The van der Waals surface area contributed by atoms with Crippen LogP contribution >= 0.6 is 0 Å². The summed E-state index contributed by atoms with van der Waals surface area (Å²) in [6.45, 7) is 13.4. The highest BCUT2D eigenvalue weighted by molar-refractivity contribution is 5.81. The highest BCUT2D eigenvalue weighted by atomic mass is 14.9. The van der Waals surface area contributed by atoms with Gasteiger partial charge in [-0.3, -0.25) is 0 Å². The number of hydrogen-bond donors (Lipinski definition) is 1. The van der Waals surface area contributed by atoms with E-state index in [0.717, 1.165) is 11.0 Å². The molecule has 0 aliphatic heterocycles. The summed E-state index contributed by atoms with van der Waals surface area (Å²) in [5.41, 5.74) is 4.82. The molecule has 0 saturated heterocycles. The van der Waals surface area contributed by atoms with Crippen LogP contribution in [0.15, 0.2) is 12.5 Å². The Morgan fingerprint density at radius 3 is 2.18 bits per heavy atom. The molecule has 0 saturated carbocycles. The Labute approximate surface area is 103 Å². The predicted octanol–water partition coefficient (Wildman–Crippen LogP) is 3.55. The van der Waals surface area contributed by atoms with E-state index in [9.17, 15) is 0 Å². The molecule has 17 heavy (non-hydrogen) atoms. The minimum absolute atomic E-state index is 0.0786. The molecule has 0 bridgehead atoms. The molecule has 0 aromatic carbocycles. The third-order valence-electron chi connectivity index (χ3n) is 2.96. The number of H-pyrrole nitrogens is 1. The normalized spacial score (nSPS) is 13.3. The first-order valence-electron chi connectivity index (χ1n) is 6.04. The molecule has 0 atom stereocenters. The third-order valence-corrected chi connectivity index (χ3v) is 2.96. The minimum Gasteiger partial charge on any atom is -0.355 e. The molecule has 0 aliphatic carbocycles. The summed E-state index contributed by atoms with van der Waals surface area (Å²) < 4.78 is 0. The first-order chi connectivity index (χ1) is 7.71. The second-order valence-electron chi connectivity index (χ2n) is 6.66. The molecule has 0 fully saturated rings. The Balaban J connectivity index is 2.84. The number of nitrogens with zero attached hydrogens (tertiary/aromatic N) is 2. The van der Waals surface area contributed by atoms with Gasteiger partial charge in [-0.1, -0.05) is 41.5 Å². The Morgan fingerprint density at radius 1 is 1.00 bits per heavy atom. The van der Waals surface area contributed by atoms with Gasteiger partial charge in [-0.25, -0.2) is 9.97 Å². The molecule has 2 aromatic rings. The Morgan fingerprint density at radius 2 is 1.65 bits per heavy atom. The first kappa shape index (κ1) is 12.1. The van der Waals surface area contributed by atoms with E-state index in [1.165, 1.54) is 11.3 Å². The molecule has 0 aliphatic rings. The maximum Gasteiger partial charge on any atom is 0.116 e. The fourth-order valence-electron chi connectivity index (χ4n) is 2.23. The maximum atomic E-state index is 4.44. The average molecular weight is 231 g/mol. The van der Waals surface area contributed by atoms with Gasteiger partial charge in [0.15, 0.2) is 0 Å². The molecule has 92 valence electrons. The quantitative estimate of drug-likeness (QED) is 0.753. The van der Waals surface area contributed by atoms with Crippen molar-refractivity contribution in [2.75, 3.05) is 0 Å². The molecular formula is C14H21N3. The molecule has 3 heteroatoms. The lowest BCUT2D eigenvalue weighted by atomic mass is 9.79. The zero-order valence-corrected chi connectivity index (χ0v) is 11.5. The molecular weight excluding hydrogens is 210 g/mol. The molecule has 3 nitrogen and oxygen atoms in total. The Bertz CT molecular complexity index is 539. The molecule has 1 N–H and O–H groups in total. The van der Waals surface area contributed by atoms with Gasteiger partial charge in [0, 0.05) is 16.7 Å². The number of rotatable bonds is 0. The van der Waals surface area contributed by atoms with Crippen molar-refractivity contribution >= 4 is 11.0 Å². The van der Waals surface area contributed by atoms with Crippen molar-refractivity contribution in [1.82, 2.24) is 15.0 Å². The molecule has 0 spiro atoms. The molecule has 2 rings (SSSR count). The van der Waals surface area contributed by atoms with Gasteiger partial charge in [-0.2, -0.15) is 0 Å². The molecule has 0 unspecified atom stereocenters. The second kappa shape index (κ2) is 3.56. The maximum absolute atomic E-state index is 4.44. The lowest BCUT2D eigenvalue weighted by Crippen LogP contribution is -2.21. The molecule has 2 heterocycles. The zero-order chi connectivity index (χ0) is 12.8. The summed E-state index contributed by atoms with van der Waals surface area (Å²) >= 11 is 0. The summed E-state index contributed by atoms with van der Waals surface area (Å²) in [6.07, 6.45) is 3.48. The SMILES string of the molecule is CC(C)(C)c1[nH]c2cncnc2c1C(C)(C)C. The lowest BCUT2D eigenvalue weighted by molar-refractivity contribution is 0.524. The van der Waals surface area contributed by atoms with E-state index >= 15 is 0 Å². The van der Waals surface area contributed by atoms with Crippen LogP contribution in [0.3, 0.4) is 0 Å². The van der Waals surface area contributed by atoms with Gasteiger partial charge in [0.2, 0.25) is 0 Å². The average Bonchev–Trinajstić information content (AvgIpc) is 2.54. The van der Waals surface area contributed by atoms with Gasteiger partial charge in [-0.05, 0) is 5.41 Å². The van der Waals surface area contributed by atoms with Gasteiger partial charge >= 0.3 is 0 Å². The fraction of sp³-hybridized carbons (Fsp3) is 0.571. The first-order valence-corrected chi connectivity index (χ1v) is 6.04. The lowest BCUT2D eigenvalue weighted by Gasteiger charge is -2.26. The third kappa shape index (κ3) is 2.06. The van der Waals surface area contributed by atoms with Crippen LogP contribution in [-0.4, -0.2) is 15.0 Å². The van der Waals surface area contributed by atoms with Crippen LogP contribution < -0.4 is 0 Å². The summed E-state index contributed by atoms with van der Waals surface area (Å²) in [7, 11) is 0. The number of aromatic nitrogens is 3. The standard InChI is InChI=1S/C14H21N3/c1-13(2,3)10-11-9(7-15-8-16-11)17-12(10)14(4,5)6/h7-8,17H,1-6H3. The topological polar surface area (TPSA) is 41.6 Å². The van der Waals surface area contributed by atoms with Gasteiger partial charge in [0.1, 0.15) is 6.33 Å². The minimum atomic E-state index is 0.0786. The van der Waals surface area contributed by atoms with Crippen molar-refractivity contribution in [1.29, 1.82) is 0 Å². The summed E-state index contributed by atoms with van der Waals surface area (Å²) in [5, 5.41) is 0. The largest absolute Gasteiger partial charge is 0.355 e. The predicted molar refractivity (Wildman–Crippen MR) is 71.3 cm³/mol. The Hall–Kier alpha value is -1.38. The van der Waals surface area contributed by atoms with Crippen molar-refractivity contribution in [3.8, 4) is 0 Å². The summed E-state index contributed by atoms with van der Waals surface area (Å²) in [6, 6.07) is 0. The van der Waals surface area contributed by atoms with Gasteiger partial charge in [0.05, 0.1) is 17.2 Å². The monoisotopic (exact) mass is 231 g/mol. The van der Waals surface area contributed by atoms with Crippen molar-refractivity contribution in [3.63, 3.8) is 0 Å². The van der Waals surface area contributed by atoms with Crippen molar-refractivity contribution in [3.05, 3.63) is 23.8 Å². The van der Waals surface area contributed by atoms with Gasteiger partial charge in [-0.15, -0.1) is 0 Å². The van der Waals surface area contributed by atoms with Crippen LogP contribution in [0, 0.1) is 0 Å². The van der Waals surface area contributed by atoms with Crippen LogP contribution in [0.1, 0.15) is 52.8 Å². The molecule has 0 radical (unpaired) electrons. The van der Waals surface area contributed by atoms with Crippen molar-refractivity contribution in [2.45, 2.75) is 52.4 Å². The summed E-state index contributed by atoms with van der Waals surface area (Å²) in [5.74, 6) is 0. The number of hydrogen-bond acceptors (Lipinski definition) is 2. The second-order valence-corrected chi connectivity index (χ2v) is 6.66. The number of nitrogens with one attached hydrogen (secondary N) is 1.